The molecule has 0 bridgehead atoms. The fourth-order valence-electron chi connectivity index (χ4n) is 2.65. The topological polar surface area (TPSA) is 36.4 Å². The molecule has 0 aliphatic heterocycles. The van der Waals surface area contributed by atoms with Crippen LogP contribution in [0.3, 0.4) is 0 Å². The minimum atomic E-state index is 0.292. The molecule has 3 nitrogen and oxygen atoms in total. The van der Waals surface area contributed by atoms with Gasteiger partial charge in [0, 0.05) is 18.5 Å². The van der Waals surface area contributed by atoms with Crippen LogP contribution in [0.1, 0.15) is 44.2 Å². The molecule has 0 spiro atoms. The van der Waals surface area contributed by atoms with Gasteiger partial charge in [0.15, 0.2) is 5.96 Å². The van der Waals surface area contributed by atoms with Crippen LogP contribution in [0.25, 0.3) is 0 Å². The van der Waals surface area contributed by atoms with Crippen LogP contribution >= 0.6 is 0 Å². The zero-order valence-electron chi connectivity index (χ0n) is 13.0. The Balaban J connectivity index is 2.06. The zero-order chi connectivity index (χ0) is 14.4. The first-order valence-corrected chi connectivity index (χ1v) is 7.80. The van der Waals surface area contributed by atoms with Crippen LogP contribution in [0, 0.1) is 6.92 Å². The van der Waals surface area contributed by atoms with Gasteiger partial charge in [-0.15, -0.1) is 0 Å². The lowest BCUT2D eigenvalue weighted by atomic mass is 9.92. The molecule has 0 aromatic heterocycles. The van der Waals surface area contributed by atoms with E-state index in [1.54, 1.807) is 0 Å². The average Bonchev–Trinajstić information content (AvgIpc) is 3.23. The van der Waals surface area contributed by atoms with Gasteiger partial charge >= 0.3 is 0 Å². The highest BCUT2D eigenvalue weighted by molar-refractivity contribution is 5.79. The van der Waals surface area contributed by atoms with Crippen molar-refractivity contribution in [2.24, 2.45) is 4.99 Å². The molecule has 1 aliphatic rings. The van der Waals surface area contributed by atoms with Crippen molar-refractivity contribution in [3.05, 3.63) is 35.4 Å². The minimum absolute atomic E-state index is 0.292. The summed E-state index contributed by atoms with van der Waals surface area (Å²) >= 11 is 0. The van der Waals surface area contributed by atoms with E-state index >= 15 is 0 Å². The molecule has 1 aromatic carbocycles. The van der Waals surface area contributed by atoms with E-state index in [4.69, 9.17) is 4.99 Å². The predicted octanol–water partition coefficient (Wildman–Crippen LogP) is 2.99. The molecule has 1 aromatic rings. The summed E-state index contributed by atoms with van der Waals surface area (Å²) in [5, 5.41) is 6.70. The second kappa shape index (κ2) is 6.78. The number of aliphatic imine (C=N–C) groups is 1. The molecule has 3 heteroatoms. The molecule has 2 rings (SSSR count). The van der Waals surface area contributed by atoms with Crippen LogP contribution in [0.4, 0.5) is 0 Å². The van der Waals surface area contributed by atoms with Crippen molar-refractivity contribution < 1.29 is 0 Å². The molecule has 0 amide bonds. The van der Waals surface area contributed by atoms with Crippen LogP contribution in [0.15, 0.2) is 29.3 Å². The van der Waals surface area contributed by atoms with E-state index in [1.807, 2.05) is 0 Å². The molecule has 0 unspecified atom stereocenters. The lowest BCUT2D eigenvalue weighted by Gasteiger charge is -2.17. The molecular weight excluding hydrogens is 246 g/mol. The summed E-state index contributed by atoms with van der Waals surface area (Å²) in [5.74, 6) is 0.953. The predicted molar refractivity (Wildman–Crippen MR) is 86.4 cm³/mol. The Hall–Kier alpha value is -1.51. The number of nitrogens with zero attached hydrogens (tertiary/aromatic N) is 1. The second-order valence-electron chi connectivity index (χ2n) is 5.72. The van der Waals surface area contributed by atoms with Gasteiger partial charge in [0.2, 0.25) is 0 Å². The third kappa shape index (κ3) is 3.53. The fraction of sp³-hybridized carbons (Fsp3) is 0.588. The maximum absolute atomic E-state index is 4.80. The summed E-state index contributed by atoms with van der Waals surface area (Å²) in [5.41, 5.74) is 3.17. The molecule has 1 saturated carbocycles. The maximum atomic E-state index is 4.80. The standard InChI is InChI=1S/C17H27N3/c1-4-12-19-16(18-5-2)20-13-17(10-11-17)15-9-7-6-8-14(15)3/h6-9H,4-5,10-13H2,1-3H3,(H2,18,19,20). The highest BCUT2D eigenvalue weighted by Gasteiger charge is 2.44. The number of aryl methyl sites for hydroxylation is 1. The first-order valence-electron chi connectivity index (χ1n) is 7.80. The molecular formula is C17H27N3. The molecule has 20 heavy (non-hydrogen) atoms. The lowest BCUT2D eigenvalue weighted by molar-refractivity contribution is 0.686. The number of rotatable bonds is 6. The van der Waals surface area contributed by atoms with E-state index in [0.717, 1.165) is 32.0 Å². The Labute approximate surface area is 122 Å². The van der Waals surface area contributed by atoms with Gasteiger partial charge in [0.1, 0.15) is 0 Å². The number of guanidine groups is 1. The Morgan fingerprint density at radius 2 is 1.95 bits per heavy atom. The zero-order valence-corrected chi connectivity index (χ0v) is 13.0. The van der Waals surface area contributed by atoms with Crippen molar-refractivity contribution in [1.29, 1.82) is 0 Å². The van der Waals surface area contributed by atoms with Crippen molar-refractivity contribution >= 4 is 5.96 Å². The molecule has 0 saturated heterocycles. The molecule has 0 atom stereocenters. The number of hydrogen-bond donors (Lipinski definition) is 2. The van der Waals surface area contributed by atoms with Gasteiger partial charge in [-0.3, -0.25) is 4.99 Å². The SMILES string of the molecule is CCCNC(=NCC1(c2ccccc2C)CC1)NCC. The first-order chi connectivity index (χ1) is 9.72. The van der Waals surface area contributed by atoms with E-state index in [-0.39, 0.29) is 0 Å². The van der Waals surface area contributed by atoms with Gasteiger partial charge in [-0.1, -0.05) is 31.2 Å². The third-order valence-electron chi connectivity index (χ3n) is 4.00. The molecule has 0 radical (unpaired) electrons. The van der Waals surface area contributed by atoms with Gasteiger partial charge in [0.05, 0.1) is 6.54 Å². The summed E-state index contributed by atoms with van der Waals surface area (Å²) in [6, 6.07) is 8.74. The van der Waals surface area contributed by atoms with E-state index in [2.05, 4.69) is 55.7 Å². The summed E-state index contributed by atoms with van der Waals surface area (Å²) in [6.07, 6.45) is 3.64. The Kier molecular flexibility index (Phi) is 5.05. The van der Waals surface area contributed by atoms with Crippen LogP contribution in [0.5, 0.6) is 0 Å². The first kappa shape index (κ1) is 14.9. The lowest BCUT2D eigenvalue weighted by Crippen LogP contribution is -2.38. The summed E-state index contributed by atoms with van der Waals surface area (Å²) in [4.78, 5) is 4.80. The summed E-state index contributed by atoms with van der Waals surface area (Å²) < 4.78 is 0. The third-order valence-corrected chi connectivity index (χ3v) is 4.00. The quantitative estimate of drug-likeness (QED) is 0.617. The summed E-state index contributed by atoms with van der Waals surface area (Å²) in [7, 11) is 0. The van der Waals surface area contributed by atoms with Gasteiger partial charge in [-0.25, -0.2) is 0 Å². The van der Waals surface area contributed by atoms with Crippen molar-refractivity contribution in [3.8, 4) is 0 Å². The molecule has 1 aliphatic carbocycles. The second-order valence-corrected chi connectivity index (χ2v) is 5.72. The minimum Gasteiger partial charge on any atom is -0.357 e. The van der Waals surface area contributed by atoms with Gasteiger partial charge in [-0.05, 0) is 44.2 Å². The number of nitrogens with one attached hydrogen (secondary N) is 2. The highest BCUT2D eigenvalue weighted by atomic mass is 15.2. The molecule has 2 N–H and O–H groups in total. The van der Waals surface area contributed by atoms with Crippen molar-refractivity contribution in [2.45, 2.75) is 45.4 Å². The maximum Gasteiger partial charge on any atom is 0.191 e. The average molecular weight is 273 g/mol. The molecule has 1 fully saturated rings. The van der Waals surface area contributed by atoms with Crippen LogP contribution in [-0.4, -0.2) is 25.6 Å². The van der Waals surface area contributed by atoms with Crippen molar-refractivity contribution in [1.82, 2.24) is 10.6 Å². The van der Waals surface area contributed by atoms with E-state index in [0.29, 0.717) is 5.41 Å². The van der Waals surface area contributed by atoms with E-state index in [1.165, 1.54) is 24.0 Å². The van der Waals surface area contributed by atoms with Gasteiger partial charge in [-0.2, -0.15) is 0 Å². The smallest absolute Gasteiger partial charge is 0.191 e. The van der Waals surface area contributed by atoms with Crippen molar-refractivity contribution in [3.63, 3.8) is 0 Å². The van der Waals surface area contributed by atoms with Gasteiger partial charge in [0.25, 0.3) is 0 Å². The van der Waals surface area contributed by atoms with Gasteiger partial charge < -0.3 is 10.6 Å². The Bertz CT molecular complexity index is 461. The van der Waals surface area contributed by atoms with Crippen LogP contribution in [-0.2, 0) is 5.41 Å². The largest absolute Gasteiger partial charge is 0.357 e. The molecule has 0 heterocycles. The Morgan fingerprint density at radius 3 is 2.55 bits per heavy atom. The Morgan fingerprint density at radius 1 is 1.20 bits per heavy atom. The normalized spacial score (nSPS) is 16.9. The van der Waals surface area contributed by atoms with Crippen molar-refractivity contribution in [2.75, 3.05) is 19.6 Å². The molecule has 110 valence electrons. The van der Waals surface area contributed by atoms with E-state index < -0.39 is 0 Å². The number of benzene rings is 1. The fourth-order valence-corrected chi connectivity index (χ4v) is 2.65. The van der Waals surface area contributed by atoms with Crippen LogP contribution < -0.4 is 10.6 Å². The van der Waals surface area contributed by atoms with E-state index in [9.17, 15) is 0 Å². The monoisotopic (exact) mass is 273 g/mol. The van der Waals surface area contributed by atoms with Crippen LogP contribution in [0.2, 0.25) is 0 Å². The number of hydrogen-bond acceptors (Lipinski definition) is 1. The summed E-state index contributed by atoms with van der Waals surface area (Å²) in [6.45, 7) is 9.26. The highest BCUT2D eigenvalue weighted by Crippen LogP contribution is 2.49.